The highest BCUT2D eigenvalue weighted by Gasteiger charge is 2.38. The van der Waals surface area contributed by atoms with Gasteiger partial charge in [0.25, 0.3) is 5.91 Å². The lowest BCUT2D eigenvalue weighted by atomic mass is 9.82. The van der Waals surface area contributed by atoms with Crippen LogP contribution in [0.1, 0.15) is 73.1 Å². The van der Waals surface area contributed by atoms with E-state index in [0.717, 1.165) is 32.1 Å². The number of aliphatic hydroxyl groups is 1. The first-order valence-corrected chi connectivity index (χ1v) is 12.6. The molecule has 4 N–H and O–H groups in total. The molecule has 5 unspecified atom stereocenters. The Balaban J connectivity index is 3.32. The molecule has 35 heavy (non-hydrogen) atoms. The number of unbranched alkanes of at least 4 members (excludes halogenated alkanes) is 3. The Morgan fingerprint density at radius 3 is 2.29 bits per heavy atom. The smallest absolute Gasteiger partial charge is 0.329 e. The molecule has 5 atom stereocenters. The third-order valence-corrected chi connectivity index (χ3v) is 6.29. The average Bonchev–Trinajstić information content (AvgIpc) is 2.79. The molecule has 3 amide bonds. The molecule has 1 rings (SSSR count). The summed E-state index contributed by atoms with van der Waals surface area (Å²) in [5.74, 6) is -3.21. The average molecular weight is 494 g/mol. The number of hydrogen-bond acceptors (Lipinski definition) is 6. The van der Waals surface area contributed by atoms with E-state index in [1.165, 1.54) is 19.1 Å². The Labute approximate surface area is 209 Å². The van der Waals surface area contributed by atoms with Gasteiger partial charge in [0.2, 0.25) is 11.8 Å². The maximum atomic E-state index is 13.3. The molecule has 9 heteroatoms. The maximum absolute atomic E-state index is 13.3. The Morgan fingerprint density at radius 1 is 1.00 bits per heavy atom. The number of amides is 3. The highest BCUT2D eigenvalue weighted by atomic mass is 16.6. The van der Waals surface area contributed by atoms with Crippen molar-refractivity contribution in [1.82, 2.24) is 16.0 Å². The number of rotatable bonds is 10. The molecular formula is C26H43N3O6. The zero-order chi connectivity index (χ0) is 26.5. The number of nitrogens with one attached hydrogen (secondary N) is 3. The molecule has 0 saturated heterocycles. The van der Waals surface area contributed by atoms with Crippen LogP contribution < -0.4 is 16.0 Å². The van der Waals surface area contributed by atoms with E-state index < -0.39 is 47.8 Å². The summed E-state index contributed by atoms with van der Waals surface area (Å²) < 4.78 is 5.77. The van der Waals surface area contributed by atoms with E-state index in [1.54, 1.807) is 13.8 Å². The molecule has 0 aliphatic carbocycles. The van der Waals surface area contributed by atoms with Crippen LogP contribution in [0, 0.1) is 17.8 Å². The standard InChI is InChI=1S/C26H43N3O6/c1-7-8-9-10-11-17(4)20(14-15-30)23-25(33)27-18(5)12-13-21(31)28-19(6)24(32)29-22(16(2)3)26(34)35-23/h12-13,16-17,19-20,22-23,30H,5,7-11,14-15H2,1-4,6H3,(H,27,33)(H,28,31)(H,29,32)/b13-12+. The highest BCUT2D eigenvalue weighted by Crippen LogP contribution is 2.28. The lowest BCUT2D eigenvalue weighted by molar-refractivity contribution is -0.164. The Morgan fingerprint density at radius 2 is 1.69 bits per heavy atom. The molecule has 0 aromatic rings. The van der Waals surface area contributed by atoms with Gasteiger partial charge in [-0.25, -0.2) is 4.79 Å². The number of ether oxygens (including phenoxy) is 1. The van der Waals surface area contributed by atoms with Gasteiger partial charge in [-0.3, -0.25) is 14.4 Å². The molecule has 0 radical (unpaired) electrons. The molecular weight excluding hydrogens is 450 g/mol. The van der Waals surface area contributed by atoms with E-state index in [1.807, 2.05) is 6.92 Å². The van der Waals surface area contributed by atoms with Crippen LogP contribution in [-0.2, 0) is 23.9 Å². The van der Waals surface area contributed by atoms with Crippen LogP contribution in [0.4, 0.5) is 0 Å². The summed E-state index contributed by atoms with van der Waals surface area (Å²) in [4.78, 5) is 51.3. The first-order valence-electron chi connectivity index (χ1n) is 12.6. The van der Waals surface area contributed by atoms with Crippen molar-refractivity contribution in [1.29, 1.82) is 0 Å². The van der Waals surface area contributed by atoms with Crippen molar-refractivity contribution >= 4 is 23.7 Å². The number of esters is 1. The summed E-state index contributed by atoms with van der Waals surface area (Å²) in [5.41, 5.74) is 0.138. The highest BCUT2D eigenvalue weighted by molar-refractivity contribution is 5.95. The van der Waals surface area contributed by atoms with Gasteiger partial charge in [-0.1, -0.05) is 66.4 Å². The SMILES string of the molecule is C=C1/C=C/C(=O)NC(C)C(=O)NC(C(C)C)C(=O)OC(C(CCO)C(C)CCCCCC)C(=O)N1. The van der Waals surface area contributed by atoms with Crippen molar-refractivity contribution in [2.24, 2.45) is 17.8 Å². The zero-order valence-electron chi connectivity index (χ0n) is 21.8. The molecule has 1 heterocycles. The summed E-state index contributed by atoms with van der Waals surface area (Å²) >= 11 is 0. The molecule has 0 saturated carbocycles. The molecule has 198 valence electrons. The largest absolute Gasteiger partial charge is 0.450 e. The molecule has 0 aromatic heterocycles. The van der Waals surface area contributed by atoms with Crippen LogP contribution in [0.5, 0.6) is 0 Å². The number of carbonyl (C=O) groups is 4. The first-order chi connectivity index (χ1) is 16.5. The zero-order valence-corrected chi connectivity index (χ0v) is 21.8. The molecule has 0 spiro atoms. The Hall–Kier alpha value is -2.68. The number of allylic oxidation sites excluding steroid dienone is 1. The van der Waals surface area contributed by atoms with Crippen LogP contribution >= 0.6 is 0 Å². The summed E-state index contributed by atoms with van der Waals surface area (Å²) in [5, 5.41) is 17.5. The third-order valence-electron chi connectivity index (χ3n) is 6.29. The van der Waals surface area contributed by atoms with Gasteiger partial charge >= 0.3 is 5.97 Å². The number of cyclic esters (lactones) is 1. The van der Waals surface area contributed by atoms with E-state index in [4.69, 9.17) is 4.74 Å². The van der Waals surface area contributed by atoms with Crippen LogP contribution in [0.3, 0.4) is 0 Å². The summed E-state index contributed by atoms with van der Waals surface area (Å²) in [7, 11) is 0. The maximum Gasteiger partial charge on any atom is 0.329 e. The number of aliphatic hydroxyl groups excluding tert-OH is 1. The molecule has 1 aliphatic heterocycles. The van der Waals surface area contributed by atoms with Crippen molar-refractivity contribution < 1.29 is 29.0 Å². The summed E-state index contributed by atoms with van der Waals surface area (Å²) in [6, 6.07) is -1.92. The van der Waals surface area contributed by atoms with Crippen LogP contribution in [0.25, 0.3) is 0 Å². The topological polar surface area (TPSA) is 134 Å². The van der Waals surface area contributed by atoms with E-state index in [0.29, 0.717) is 0 Å². The normalized spacial score (nSPS) is 25.1. The van der Waals surface area contributed by atoms with Gasteiger partial charge in [0, 0.05) is 24.3 Å². The van der Waals surface area contributed by atoms with Crippen molar-refractivity contribution in [2.75, 3.05) is 6.61 Å². The fourth-order valence-corrected chi connectivity index (χ4v) is 4.07. The molecule has 0 fully saturated rings. The van der Waals surface area contributed by atoms with Gasteiger partial charge < -0.3 is 25.8 Å². The van der Waals surface area contributed by atoms with Crippen molar-refractivity contribution in [3.63, 3.8) is 0 Å². The predicted molar refractivity (Wildman–Crippen MR) is 134 cm³/mol. The number of hydrogen-bond donors (Lipinski definition) is 4. The van der Waals surface area contributed by atoms with E-state index in [2.05, 4.69) is 29.5 Å². The van der Waals surface area contributed by atoms with Crippen LogP contribution in [-0.4, -0.2) is 53.6 Å². The Bertz CT molecular complexity index is 779. The summed E-state index contributed by atoms with van der Waals surface area (Å²) in [6.07, 6.45) is 6.60. The van der Waals surface area contributed by atoms with Gasteiger partial charge in [-0.15, -0.1) is 0 Å². The van der Waals surface area contributed by atoms with Gasteiger partial charge in [0.1, 0.15) is 12.1 Å². The molecule has 1 aliphatic rings. The minimum Gasteiger partial charge on any atom is -0.450 e. The minimum atomic E-state index is -1.20. The lowest BCUT2D eigenvalue weighted by Gasteiger charge is -2.32. The van der Waals surface area contributed by atoms with E-state index >= 15 is 0 Å². The van der Waals surface area contributed by atoms with Crippen molar-refractivity contribution in [3.05, 3.63) is 24.4 Å². The second-order valence-electron chi connectivity index (χ2n) is 9.67. The van der Waals surface area contributed by atoms with Crippen molar-refractivity contribution in [3.8, 4) is 0 Å². The summed E-state index contributed by atoms with van der Waals surface area (Å²) in [6.45, 7) is 12.7. The molecule has 0 aromatic carbocycles. The van der Waals surface area contributed by atoms with Crippen LogP contribution in [0.15, 0.2) is 24.4 Å². The van der Waals surface area contributed by atoms with Crippen LogP contribution in [0.2, 0.25) is 0 Å². The van der Waals surface area contributed by atoms with E-state index in [-0.39, 0.29) is 30.6 Å². The van der Waals surface area contributed by atoms with Gasteiger partial charge in [0.15, 0.2) is 6.10 Å². The fourth-order valence-electron chi connectivity index (χ4n) is 4.07. The van der Waals surface area contributed by atoms with E-state index in [9.17, 15) is 24.3 Å². The van der Waals surface area contributed by atoms with Gasteiger partial charge in [0.05, 0.1) is 0 Å². The predicted octanol–water partition coefficient (Wildman–Crippen LogP) is 2.35. The molecule has 9 nitrogen and oxygen atoms in total. The second kappa shape index (κ2) is 15.3. The lowest BCUT2D eigenvalue weighted by Crippen LogP contribution is -2.54. The fraction of sp³-hybridized carbons (Fsp3) is 0.692. The van der Waals surface area contributed by atoms with Gasteiger partial charge in [-0.05, 0) is 31.3 Å². The molecule has 0 bridgehead atoms. The quantitative estimate of drug-likeness (QED) is 0.273. The third kappa shape index (κ3) is 10.2. The van der Waals surface area contributed by atoms with Crippen molar-refractivity contribution in [2.45, 2.75) is 91.3 Å². The van der Waals surface area contributed by atoms with Gasteiger partial charge in [-0.2, -0.15) is 0 Å². The minimum absolute atomic E-state index is 0.0110. The monoisotopic (exact) mass is 493 g/mol. The number of carbonyl (C=O) groups excluding carboxylic acids is 4. The second-order valence-corrected chi connectivity index (χ2v) is 9.67. The first kappa shape index (κ1) is 30.4. The Kier molecular flexibility index (Phi) is 13.3.